The van der Waals surface area contributed by atoms with Crippen LogP contribution in [0.5, 0.6) is 11.5 Å². The predicted molar refractivity (Wildman–Crippen MR) is 74.6 cm³/mol. The maximum absolute atomic E-state index is 5.26. The highest BCUT2D eigenvalue weighted by molar-refractivity contribution is 5.53. The summed E-state index contributed by atoms with van der Waals surface area (Å²) in [5, 5.41) is 3.46. The van der Waals surface area contributed by atoms with Crippen molar-refractivity contribution in [2.24, 2.45) is 5.92 Å². The van der Waals surface area contributed by atoms with Crippen LogP contribution in [0.15, 0.2) is 18.2 Å². The molecule has 0 aromatic heterocycles. The number of anilines is 1. The van der Waals surface area contributed by atoms with E-state index in [2.05, 4.69) is 5.32 Å². The summed E-state index contributed by atoms with van der Waals surface area (Å²) < 4.78 is 10.5. The van der Waals surface area contributed by atoms with Crippen molar-refractivity contribution in [1.29, 1.82) is 0 Å². The van der Waals surface area contributed by atoms with E-state index in [0.717, 1.165) is 29.6 Å². The van der Waals surface area contributed by atoms with Crippen molar-refractivity contribution in [1.82, 2.24) is 0 Å². The smallest absolute Gasteiger partial charge is 0.124 e. The third-order valence-electron chi connectivity index (χ3n) is 3.71. The van der Waals surface area contributed by atoms with Gasteiger partial charge in [-0.25, -0.2) is 0 Å². The second kappa shape index (κ2) is 6.53. The fourth-order valence-electron chi connectivity index (χ4n) is 2.63. The van der Waals surface area contributed by atoms with E-state index in [-0.39, 0.29) is 0 Å². The molecule has 1 fully saturated rings. The highest BCUT2D eigenvalue weighted by atomic mass is 16.5. The zero-order chi connectivity index (χ0) is 12.8. The molecule has 100 valence electrons. The topological polar surface area (TPSA) is 30.5 Å². The maximum atomic E-state index is 5.26. The fourth-order valence-corrected chi connectivity index (χ4v) is 2.63. The van der Waals surface area contributed by atoms with Crippen LogP contribution in [-0.4, -0.2) is 20.8 Å². The minimum absolute atomic E-state index is 0.831. The molecule has 3 heteroatoms. The molecule has 0 amide bonds. The molecule has 1 saturated carbocycles. The molecule has 0 radical (unpaired) electrons. The van der Waals surface area contributed by atoms with Gasteiger partial charge in [0.25, 0.3) is 0 Å². The van der Waals surface area contributed by atoms with Crippen LogP contribution in [0.3, 0.4) is 0 Å². The van der Waals surface area contributed by atoms with Crippen molar-refractivity contribution in [3.8, 4) is 11.5 Å². The number of rotatable bonds is 6. The Kier molecular flexibility index (Phi) is 4.73. The lowest BCUT2D eigenvalue weighted by atomic mass is 10.0. The maximum Gasteiger partial charge on any atom is 0.124 e. The summed E-state index contributed by atoms with van der Waals surface area (Å²) in [6.45, 7) is 1.03. The van der Waals surface area contributed by atoms with Crippen LogP contribution in [-0.2, 0) is 0 Å². The lowest BCUT2D eigenvalue weighted by molar-refractivity contribution is 0.394. The van der Waals surface area contributed by atoms with Crippen molar-refractivity contribution in [3.05, 3.63) is 18.2 Å². The minimum Gasteiger partial charge on any atom is -0.497 e. The van der Waals surface area contributed by atoms with Crippen LogP contribution < -0.4 is 14.8 Å². The largest absolute Gasteiger partial charge is 0.497 e. The Bertz CT molecular complexity index is 351. The Balaban J connectivity index is 1.87. The van der Waals surface area contributed by atoms with Gasteiger partial charge in [0, 0.05) is 30.4 Å². The molecule has 1 N–H and O–H groups in total. The summed E-state index contributed by atoms with van der Waals surface area (Å²) in [5.74, 6) is 2.58. The highest BCUT2D eigenvalue weighted by Crippen LogP contribution is 2.28. The van der Waals surface area contributed by atoms with Gasteiger partial charge in [-0.05, 0) is 12.3 Å². The summed E-state index contributed by atoms with van der Waals surface area (Å²) >= 11 is 0. The SMILES string of the molecule is COc1cc(NCCC2CCCC2)cc(OC)c1. The van der Waals surface area contributed by atoms with E-state index in [1.54, 1.807) is 14.2 Å². The molecular weight excluding hydrogens is 226 g/mol. The number of ether oxygens (including phenoxy) is 2. The molecular formula is C15H23NO2. The monoisotopic (exact) mass is 249 g/mol. The summed E-state index contributed by atoms with van der Waals surface area (Å²) in [5.41, 5.74) is 1.07. The van der Waals surface area contributed by atoms with Crippen LogP contribution in [0.25, 0.3) is 0 Å². The summed E-state index contributed by atoms with van der Waals surface area (Å²) in [4.78, 5) is 0. The van der Waals surface area contributed by atoms with Gasteiger partial charge in [-0.15, -0.1) is 0 Å². The van der Waals surface area contributed by atoms with E-state index >= 15 is 0 Å². The molecule has 3 nitrogen and oxygen atoms in total. The van der Waals surface area contributed by atoms with Crippen LogP contribution in [0.1, 0.15) is 32.1 Å². The molecule has 0 unspecified atom stereocenters. The Morgan fingerprint density at radius 1 is 1.06 bits per heavy atom. The Morgan fingerprint density at radius 2 is 1.67 bits per heavy atom. The van der Waals surface area contributed by atoms with Gasteiger partial charge < -0.3 is 14.8 Å². The third kappa shape index (κ3) is 3.56. The molecule has 2 rings (SSSR count). The van der Waals surface area contributed by atoms with E-state index in [4.69, 9.17) is 9.47 Å². The standard InChI is InChI=1S/C15H23NO2/c1-17-14-9-13(10-15(11-14)18-2)16-8-7-12-5-3-4-6-12/h9-12,16H,3-8H2,1-2H3. The number of hydrogen-bond donors (Lipinski definition) is 1. The van der Waals surface area contributed by atoms with Crippen molar-refractivity contribution in [2.75, 3.05) is 26.1 Å². The Labute approximate surface area is 109 Å². The van der Waals surface area contributed by atoms with Gasteiger partial charge >= 0.3 is 0 Å². The lowest BCUT2D eigenvalue weighted by Gasteiger charge is -2.13. The zero-order valence-corrected chi connectivity index (χ0v) is 11.4. The second-order valence-electron chi connectivity index (χ2n) is 4.97. The van der Waals surface area contributed by atoms with Crippen molar-refractivity contribution < 1.29 is 9.47 Å². The van der Waals surface area contributed by atoms with E-state index in [1.807, 2.05) is 18.2 Å². The van der Waals surface area contributed by atoms with Gasteiger partial charge in [0.15, 0.2) is 0 Å². The van der Waals surface area contributed by atoms with Gasteiger partial charge in [0.05, 0.1) is 14.2 Å². The summed E-state index contributed by atoms with van der Waals surface area (Å²) in [6.07, 6.45) is 6.90. The molecule has 18 heavy (non-hydrogen) atoms. The van der Waals surface area contributed by atoms with E-state index in [9.17, 15) is 0 Å². The summed E-state index contributed by atoms with van der Waals surface area (Å²) in [6, 6.07) is 5.91. The first-order valence-electron chi connectivity index (χ1n) is 6.79. The first kappa shape index (κ1) is 13.1. The highest BCUT2D eigenvalue weighted by Gasteiger charge is 2.14. The first-order chi connectivity index (χ1) is 8.81. The quantitative estimate of drug-likeness (QED) is 0.834. The average Bonchev–Trinajstić information content (AvgIpc) is 2.91. The van der Waals surface area contributed by atoms with Crippen LogP contribution in [0.4, 0.5) is 5.69 Å². The predicted octanol–water partition coefficient (Wildman–Crippen LogP) is 3.70. The van der Waals surface area contributed by atoms with E-state index < -0.39 is 0 Å². The van der Waals surface area contributed by atoms with Crippen molar-refractivity contribution in [3.63, 3.8) is 0 Å². The molecule has 1 aliphatic rings. The van der Waals surface area contributed by atoms with Gasteiger partial charge in [-0.1, -0.05) is 25.7 Å². The van der Waals surface area contributed by atoms with E-state index in [1.165, 1.54) is 32.1 Å². The second-order valence-corrected chi connectivity index (χ2v) is 4.97. The molecule has 0 saturated heterocycles. The van der Waals surface area contributed by atoms with Crippen LogP contribution in [0.2, 0.25) is 0 Å². The molecule has 0 spiro atoms. The molecule has 0 aliphatic heterocycles. The van der Waals surface area contributed by atoms with Crippen LogP contribution >= 0.6 is 0 Å². The lowest BCUT2D eigenvalue weighted by Crippen LogP contribution is -2.06. The van der Waals surface area contributed by atoms with E-state index in [0.29, 0.717) is 0 Å². The molecule has 0 bridgehead atoms. The van der Waals surface area contributed by atoms with Gasteiger partial charge in [0.2, 0.25) is 0 Å². The first-order valence-corrected chi connectivity index (χ1v) is 6.79. The third-order valence-corrected chi connectivity index (χ3v) is 3.71. The minimum atomic E-state index is 0.831. The van der Waals surface area contributed by atoms with Gasteiger partial charge in [0.1, 0.15) is 11.5 Å². The number of benzene rings is 1. The Hall–Kier alpha value is -1.38. The molecule has 1 aromatic carbocycles. The number of nitrogens with one attached hydrogen (secondary N) is 1. The van der Waals surface area contributed by atoms with Crippen LogP contribution in [0, 0.1) is 5.92 Å². The van der Waals surface area contributed by atoms with Gasteiger partial charge in [-0.3, -0.25) is 0 Å². The summed E-state index contributed by atoms with van der Waals surface area (Å²) in [7, 11) is 3.36. The Morgan fingerprint density at radius 3 is 2.22 bits per heavy atom. The fraction of sp³-hybridized carbons (Fsp3) is 0.600. The van der Waals surface area contributed by atoms with Crippen molar-refractivity contribution >= 4 is 5.69 Å². The molecule has 1 aromatic rings. The zero-order valence-electron chi connectivity index (χ0n) is 11.4. The molecule has 0 heterocycles. The number of methoxy groups -OCH3 is 2. The van der Waals surface area contributed by atoms with Crippen molar-refractivity contribution in [2.45, 2.75) is 32.1 Å². The number of hydrogen-bond acceptors (Lipinski definition) is 3. The molecule has 1 aliphatic carbocycles. The average molecular weight is 249 g/mol. The molecule has 0 atom stereocenters. The normalized spacial score (nSPS) is 15.7. The van der Waals surface area contributed by atoms with Gasteiger partial charge in [-0.2, -0.15) is 0 Å².